The number of carboxylic acid groups (broad SMARTS) is 1. The maximum absolute atomic E-state index is 13.3. The number of anilines is 1. The van der Waals surface area contributed by atoms with Crippen LogP contribution in [0, 0.1) is 23.6 Å². The van der Waals surface area contributed by atoms with Gasteiger partial charge in [-0.1, -0.05) is 0 Å². The van der Waals surface area contributed by atoms with Gasteiger partial charge in [0.1, 0.15) is 17.2 Å². The van der Waals surface area contributed by atoms with Crippen LogP contribution < -0.4 is 5.32 Å². The van der Waals surface area contributed by atoms with Crippen LogP contribution in [0.1, 0.15) is 48.9 Å². The van der Waals surface area contributed by atoms with Crippen molar-refractivity contribution in [3.63, 3.8) is 0 Å². The summed E-state index contributed by atoms with van der Waals surface area (Å²) in [7, 11) is 0. The zero-order valence-corrected chi connectivity index (χ0v) is 11.8. The molecule has 0 spiro atoms. The summed E-state index contributed by atoms with van der Waals surface area (Å²) in [5, 5.41) is 12.7. The molecule has 0 aliphatic heterocycles. The largest absolute Gasteiger partial charge is 0.478 e. The van der Waals surface area contributed by atoms with Gasteiger partial charge in [0, 0.05) is 5.54 Å². The molecule has 4 aliphatic carbocycles. The minimum absolute atomic E-state index is 0.0240. The van der Waals surface area contributed by atoms with Gasteiger partial charge in [0.05, 0.1) is 6.20 Å². The van der Waals surface area contributed by atoms with E-state index in [-0.39, 0.29) is 11.1 Å². The highest BCUT2D eigenvalue weighted by molar-refractivity contribution is 5.93. The lowest BCUT2D eigenvalue weighted by Gasteiger charge is -2.57. The fraction of sp³-hybridized carbons (Fsp3) is 0.625. The summed E-state index contributed by atoms with van der Waals surface area (Å²) in [5.41, 5.74) is -0.0882. The van der Waals surface area contributed by atoms with Crippen LogP contribution in [-0.4, -0.2) is 21.6 Å². The molecule has 5 rings (SSSR count). The van der Waals surface area contributed by atoms with Gasteiger partial charge in [-0.05, 0) is 62.3 Å². The number of aromatic carboxylic acids is 1. The third kappa shape index (κ3) is 2.19. The van der Waals surface area contributed by atoms with E-state index >= 15 is 0 Å². The summed E-state index contributed by atoms with van der Waals surface area (Å²) in [4.78, 5) is 15.3. The van der Waals surface area contributed by atoms with Crippen molar-refractivity contribution >= 4 is 11.8 Å². The van der Waals surface area contributed by atoms with Gasteiger partial charge in [-0.3, -0.25) is 0 Å². The molecule has 5 heteroatoms. The molecule has 2 N–H and O–H groups in total. The summed E-state index contributed by atoms with van der Waals surface area (Å²) in [6.45, 7) is 0. The van der Waals surface area contributed by atoms with E-state index < -0.39 is 11.8 Å². The Morgan fingerprint density at radius 2 is 1.81 bits per heavy atom. The number of nitrogens with one attached hydrogen (secondary N) is 1. The number of halogens is 1. The Kier molecular flexibility index (Phi) is 2.75. The average Bonchev–Trinajstić information content (AvgIpc) is 2.38. The second-order valence-electron chi connectivity index (χ2n) is 7.18. The van der Waals surface area contributed by atoms with E-state index in [0.29, 0.717) is 5.82 Å². The molecule has 0 aromatic carbocycles. The van der Waals surface area contributed by atoms with Crippen molar-refractivity contribution in [3.05, 3.63) is 23.6 Å². The zero-order chi connectivity index (χ0) is 14.6. The average molecular weight is 290 g/mol. The summed E-state index contributed by atoms with van der Waals surface area (Å²) in [6, 6.07) is 1.05. The van der Waals surface area contributed by atoms with Crippen LogP contribution in [0.4, 0.5) is 10.2 Å². The number of hydrogen-bond donors (Lipinski definition) is 2. The van der Waals surface area contributed by atoms with Crippen molar-refractivity contribution in [2.24, 2.45) is 17.8 Å². The van der Waals surface area contributed by atoms with E-state index in [1.54, 1.807) is 0 Å². The summed E-state index contributed by atoms with van der Waals surface area (Å²) in [6.07, 6.45) is 8.34. The molecule has 0 atom stereocenters. The number of carboxylic acids is 1. The van der Waals surface area contributed by atoms with E-state index in [9.17, 15) is 14.3 Å². The van der Waals surface area contributed by atoms with Gasteiger partial charge in [-0.2, -0.15) is 0 Å². The SMILES string of the molecule is O=C(O)c1cc(F)cnc1NC12CC3CC(CC(C3)C1)C2. The van der Waals surface area contributed by atoms with Crippen molar-refractivity contribution in [2.45, 2.75) is 44.1 Å². The quantitative estimate of drug-likeness (QED) is 0.896. The van der Waals surface area contributed by atoms with Gasteiger partial charge in [-0.25, -0.2) is 14.2 Å². The lowest BCUT2D eigenvalue weighted by atomic mass is 9.53. The molecule has 1 aromatic rings. The van der Waals surface area contributed by atoms with Crippen LogP contribution in [-0.2, 0) is 0 Å². The van der Waals surface area contributed by atoms with E-state index in [0.717, 1.165) is 49.3 Å². The first-order valence-corrected chi connectivity index (χ1v) is 7.70. The molecule has 0 saturated heterocycles. The van der Waals surface area contributed by atoms with E-state index in [4.69, 9.17) is 0 Å². The second-order valence-corrected chi connectivity index (χ2v) is 7.18. The monoisotopic (exact) mass is 290 g/mol. The van der Waals surface area contributed by atoms with Crippen LogP contribution in [0.2, 0.25) is 0 Å². The minimum Gasteiger partial charge on any atom is -0.478 e. The first-order chi connectivity index (χ1) is 10.0. The maximum atomic E-state index is 13.3. The van der Waals surface area contributed by atoms with Crippen LogP contribution in [0.15, 0.2) is 12.3 Å². The lowest BCUT2D eigenvalue weighted by Crippen LogP contribution is -2.55. The smallest absolute Gasteiger partial charge is 0.339 e. The Hall–Kier alpha value is -1.65. The molecule has 4 nitrogen and oxygen atoms in total. The second kappa shape index (κ2) is 4.42. The predicted molar refractivity (Wildman–Crippen MR) is 75.7 cm³/mol. The molecular formula is C16H19FN2O2. The normalized spacial score (nSPS) is 36.7. The van der Waals surface area contributed by atoms with Crippen LogP contribution in [0.3, 0.4) is 0 Å². The Balaban J connectivity index is 1.66. The van der Waals surface area contributed by atoms with Crippen molar-refractivity contribution in [1.82, 2.24) is 4.98 Å². The maximum Gasteiger partial charge on any atom is 0.339 e. The standard InChI is InChI=1S/C16H19FN2O2/c17-12-4-13(15(20)21)14(18-8-12)19-16-5-9-1-10(6-16)3-11(2-9)7-16/h4,8-11H,1-3,5-7H2,(H,18,19)(H,20,21). The van der Waals surface area contributed by atoms with Crippen LogP contribution in [0.25, 0.3) is 0 Å². The molecule has 1 heterocycles. The molecule has 1 aromatic heterocycles. The van der Waals surface area contributed by atoms with Crippen molar-refractivity contribution < 1.29 is 14.3 Å². The fourth-order valence-corrected chi connectivity index (χ4v) is 5.22. The van der Waals surface area contributed by atoms with Crippen LogP contribution in [0.5, 0.6) is 0 Å². The lowest BCUT2D eigenvalue weighted by molar-refractivity contribution is 0.0105. The molecule has 4 aliphatic rings. The van der Waals surface area contributed by atoms with Gasteiger partial charge in [0.2, 0.25) is 0 Å². The van der Waals surface area contributed by atoms with E-state index in [1.807, 2.05) is 0 Å². The highest BCUT2D eigenvalue weighted by Crippen LogP contribution is 2.56. The summed E-state index contributed by atoms with van der Waals surface area (Å²) in [5.74, 6) is 0.871. The van der Waals surface area contributed by atoms with Gasteiger partial charge < -0.3 is 10.4 Å². The van der Waals surface area contributed by atoms with E-state index in [2.05, 4.69) is 10.3 Å². The van der Waals surface area contributed by atoms with Gasteiger partial charge >= 0.3 is 5.97 Å². The molecule has 112 valence electrons. The Bertz CT molecular complexity index is 567. The van der Waals surface area contributed by atoms with Gasteiger partial charge in [0.15, 0.2) is 0 Å². The highest BCUT2D eigenvalue weighted by Gasteiger charge is 2.51. The summed E-state index contributed by atoms with van der Waals surface area (Å²) >= 11 is 0. The molecule has 4 bridgehead atoms. The van der Waals surface area contributed by atoms with Crippen LogP contribution >= 0.6 is 0 Å². The third-order valence-corrected chi connectivity index (χ3v) is 5.51. The first kappa shape index (κ1) is 13.0. The van der Waals surface area contributed by atoms with Gasteiger partial charge in [-0.15, -0.1) is 0 Å². The number of rotatable bonds is 3. The molecular weight excluding hydrogens is 271 g/mol. The molecule has 21 heavy (non-hydrogen) atoms. The molecule has 0 unspecified atom stereocenters. The molecule has 4 saturated carbocycles. The van der Waals surface area contributed by atoms with Crippen molar-refractivity contribution in [2.75, 3.05) is 5.32 Å². The van der Waals surface area contributed by atoms with Crippen molar-refractivity contribution in [1.29, 1.82) is 0 Å². The molecule has 4 fully saturated rings. The number of pyridine rings is 1. The number of aromatic nitrogens is 1. The number of nitrogens with zero attached hydrogens (tertiary/aromatic N) is 1. The molecule has 0 radical (unpaired) electrons. The fourth-order valence-electron chi connectivity index (χ4n) is 5.22. The van der Waals surface area contributed by atoms with Crippen molar-refractivity contribution in [3.8, 4) is 0 Å². The Labute approximate surface area is 122 Å². The summed E-state index contributed by atoms with van der Waals surface area (Å²) < 4.78 is 13.3. The number of carbonyl (C=O) groups is 1. The third-order valence-electron chi connectivity index (χ3n) is 5.51. The minimum atomic E-state index is -1.13. The van der Waals surface area contributed by atoms with E-state index in [1.165, 1.54) is 19.3 Å². The topological polar surface area (TPSA) is 62.2 Å². The number of hydrogen-bond acceptors (Lipinski definition) is 3. The predicted octanol–water partition coefficient (Wildman–Crippen LogP) is 3.30. The Morgan fingerprint density at radius 3 is 2.33 bits per heavy atom. The Morgan fingerprint density at radius 1 is 1.24 bits per heavy atom. The van der Waals surface area contributed by atoms with Gasteiger partial charge in [0.25, 0.3) is 0 Å². The molecule has 0 amide bonds. The highest BCUT2D eigenvalue weighted by atomic mass is 19.1. The zero-order valence-electron chi connectivity index (χ0n) is 11.8. The first-order valence-electron chi connectivity index (χ1n) is 7.70.